The van der Waals surface area contributed by atoms with Gasteiger partial charge in [-0.1, -0.05) is 50.3 Å². The topological polar surface area (TPSA) is 31.2 Å². The zero-order chi connectivity index (χ0) is 11.9. The van der Waals surface area contributed by atoms with E-state index in [9.17, 15) is 4.79 Å². The number of carbonyl (C=O) groups is 1. The average Bonchev–Trinajstić information content (AvgIpc) is 2.41. The van der Waals surface area contributed by atoms with Gasteiger partial charge in [-0.05, 0) is 24.5 Å². The van der Waals surface area contributed by atoms with Crippen molar-refractivity contribution in [3.63, 3.8) is 0 Å². The number of amides is 1. The summed E-state index contributed by atoms with van der Waals surface area (Å²) in [5.74, 6) is 0.734. The maximum absolute atomic E-state index is 11.7. The molecule has 2 nitrogen and oxygen atoms in total. The van der Waals surface area contributed by atoms with E-state index in [1.807, 2.05) is 30.3 Å². The summed E-state index contributed by atoms with van der Waals surface area (Å²) in [5.41, 5.74) is 0.705. The lowest BCUT2D eigenvalue weighted by molar-refractivity contribution is 0.0945. The lowest BCUT2D eigenvalue weighted by atomic mass is 9.87. The summed E-state index contributed by atoms with van der Waals surface area (Å²) in [7, 11) is 0. The van der Waals surface area contributed by atoms with E-state index >= 15 is 0 Å². The van der Waals surface area contributed by atoms with Crippen LogP contribution in [0.1, 0.15) is 48.9 Å². The standard InChI is InChI=1S/C15H20NO/c17-15(14-9-5-2-6-10-14)16-12-11-13-7-3-1-4-8-13/h2,5-6,9-10,13H,1,3-4,7-8,11-12H2. The summed E-state index contributed by atoms with van der Waals surface area (Å²) in [6, 6.07) is 9.32. The Morgan fingerprint density at radius 1 is 1.12 bits per heavy atom. The predicted molar refractivity (Wildman–Crippen MR) is 69.0 cm³/mol. The highest BCUT2D eigenvalue weighted by Crippen LogP contribution is 2.25. The van der Waals surface area contributed by atoms with E-state index in [1.165, 1.54) is 32.1 Å². The van der Waals surface area contributed by atoms with Crippen molar-refractivity contribution >= 4 is 5.91 Å². The molecule has 1 fully saturated rings. The van der Waals surface area contributed by atoms with Gasteiger partial charge < -0.3 is 0 Å². The van der Waals surface area contributed by atoms with E-state index in [-0.39, 0.29) is 5.91 Å². The van der Waals surface area contributed by atoms with Crippen LogP contribution in [0, 0.1) is 5.92 Å². The van der Waals surface area contributed by atoms with Crippen molar-refractivity contribution in [3.05, 3.63) is 35.9 Å². The smallest absolute Gasteiger partial charge is 0.267 e. The molecule has 0 saturated heterocycles. The van der Waals surface area contributed by atoms with Gasteiger partial charge in [0, 0.05) is 12.1 Å². The summed E-state index contributed by atoms with van der Waals surface area (Å²) in [6.07, 6.45) is 7.84. The minimum absolute atomic E-state index is 0.0681. The Balaban J connectivity index is 1.69. The van der Waals surface area contributed by atoms with Crippen LogP contribution in [0.4, 0.5) is 0 Å². The van der Waals surface area contributed by atoms with E-state index in [0.717, 1.165) is 12.3 Å². The van der Waals surface area contributed by atoms with Crippen LogP contribution in [0.25, 0.3) is 0 Å². The van der Waals surface area contributed by atoms with Gasteiger partial charge in [0.2, 0.25) is 0 Å². The second-order valence-electron chi connectivity index (χ2n) is 4.85. The fourth-order valence-electron chi connectivity index (χ4n) is 2.50. The molecule has 17 heavy (non-hydrogen) atoms. The molecule has 1 aromatic carbocycles. The maximum atomic E-state index is 11.7. The van der Waals surface area contributed by atoms with Crippen molar-refractivity contribution in [3.8, 4) is 0 Å². The highest BCUT2D eigenvalue weighted by Gasteiger charge is 2.14. The molecule has 1 aromatic rings. The third-order valence-electron chi connectivity index (χ3n) is 3.54. The summed E-state index contributed by atoms with van der Waals surface area (Å²) in [5, 5.41) is 4.15. The van der Waals surface area contributed by atoms with Gasteiger partial charge in [-0.15, -0.1) is 0 Å². The van der Waals surface area contributed by atoms with E-state index in [4.69, 9.17) is 0 Å². The van der Waals surface area contributed by atoms with Crippen LogP contribution < -0.4 is 5.32 Å². The van der Waals surface area contributed by atoms with E-state index in [2.05, 4.69) is 5.32 Å². The quantitative estimate of drug-likeness (QED) is 0.780. The van der Waals surface area contributed by atoms with Crippen LogP contribution >= 0.6 is 0 Å². The van der Waals surface area contributed by atoms with Gasteiger partial charge in [0.15, 0.2) is 0 Å². The van der Waals surface area contributed by atoms with Crippen molar-refractivity contribution in [1.82, 2.24) is 5.32 Å². The summed E-state index contributed by atoms with van der Waals surface area (Å²) < 4.78 is 0. The number of nitrogens with zero attached hydrogens (tertiary/aromatic N) is 1. The SMILES string of the molecule is O=C([N]CCC1CCCCC1)c1ccccc1. The van der Waals surface area contributed by atoms with Crippen LogP contribution in [0.15, 0.2) is 30.3 Å². The normalized spacial score (nSPS) is 16.7. The van der Waals surface area contributed by atoms with Crippen molar-refractivity contribution < 1.29 is 4.79 Å². The molecule has 91 valence electrons. The molecule has 0 N–H and O–H groups in total. The molecule has 0 heterocycles. The molecular formula is C15H20NO. The molecular weight excluding hydrogens is 210 g/mol. The Labute approximate surface area is 103 Å². The van der Waals surface area contributed by atoms with Gasteiger partial charge in [0.25, 0.3) is 5.91 Å². The third kappa shape index (κ3) is 3.88. The van der Waals surface area contributed by atoms with Gasteiger partial charge >= 0.3 is 0 Å². The molecule has 0 aromatic heterocycles. The number of rotatable bonds is 4. The average molecular weight is 230 g/mol. The highest BCUT2D eigenvalue weighted by atomic mass is 16.1. The summed E-state index contributed by atoms with van der Waals surface area (Å²) in [6.45, 7) is 0.693. The number of hydrogen-bond donors (Lipinski definition) is 0. The van der Waals surface area contributed by atoms with Crippen molar-refractivity contribution in [2.45, 2.75) is 38.5 Å². The zero-order valence-electron chi connectivity index (χ0n) is 10.3. The van der Waals surface area contributed by atoms with Crippen molar-refractivity contribution in [2.75, 3.05) is 6.54 Å². The van der Waals surface area contributed by atoms with Gasteiger partial charge in [0.05, 0.1) is 0 Å². The molecule has 2 heteroatoms. The molecule has 1 saturated carbocycles. The van der Waals surface area contributed by atoms with Crippen LogP contribution in [-0.2, 0) is 0 Å². The van der Waals surface area contributed by atoms with Crippen LogP contribution in [0.2, 0.25) is 0 Å². The largest absolute Gasteiger partial charge is 0.272 e. The third-order valence-corrected chi connectivity index (χ3v) is 3.54. The Morgan fingerprint density at radius 3 is 2.53 bits per heavy atom. The minimum Gasteiger partial charge on any atom is -0.267 e. The number of hydrogen-bond acceptors (Lipinski definition) is 1. The predicted octanol–water partition coefficient (Wildman–Crippen LogP) is 3.40. The summed E-state index contributed by atoms with van der Waals surface area (Å²) >= 11 is 0. The van der Waals surface area contributed by atoms with E-state index < -0.39 is 0 Å². The molecule has 0 aliphatic heterocycles. The zero-order valence-corrected chi connectivity index (χ0v) is 10.3. The Hall–Kier alpha value is -1.31. The summed E-state index contributed by atoms with van der Waals surface area (Å²) in [4.78, 5) is 11.7. The number of benzene rings is 1. The van der Waals surface area contributed by atoms with Crippen LogP contribution in [0.5, 0.6) is 0 Å². The van der Waals surface area contributed by atoms with Gasteiger partial charge in [-0.25, -0.2) is 5.32 Å². The first-order valence-corrected chi connectivity index (χ1v) is 6.63. The Morgan fingerprint density at radius 2 is 1.82 bits per heavy atom. The molecule has 0 unspecified atom stereocenters. The Bertz CT molecular complexity index is 341. The first kappa shape index (κ1) is 12.2. The lowest BCUT2D eigenvalue weighted by Gasteiger charge is -2.20. The molecule has 0 spiro atoms. The minimum atomic E-state index is -0.0681. The molecule has 1 aliphatic carbocycles. The van der Waals surface area contributed by atoms with Crippen LogP contribution in [0.3, 0.4) is 0 Å². The monoisotopic (exact) mass is 230 g/mol. The van der Waals surface area contributed by atoms with Gasteiger partial charge in [0.1, 0.15) is 0 Å². The first-order chi connectivity index (χ1) is 8.36. The molecule has 2 rings (SSSR count). The van der Waals surface area contributed by atoms with Crippen molar-refractivity contribution in [1.29, 1.82) is 0 Å². The van der Waals surface area contributed by atoms with E-state index in [1.54, 1.807) is 0 Å². The fraction of sp³-hybridized carbons (Fsp3) is 0.533. The second kappa shape index (κ2) is 6.43. The molecule has 1 aliphatic rings. The number of carbonyl (C=O) groups excluding carboxylic acids is 1. The van der Waals surface area contributed by atoms with Gasteiger partial charge in [-0.2, -0.15) is 0 Å². The molecule has 0 bridgehead atoms. The van der Waals surface area contributed by atoms with E-state index in [0.29, 0.717) is 12.1 Å². The fourth-order valence-corrected chi connectivity index (χ4v) is 2.50. The molecule has 1 radical (unpaired) electrons. The second-order valence-corrected chi connectivity index (χ2v) is 4.85. The maximum Gasteiger partial charge on any atom is 0.272 e. The molecule has 0 atom stereocenters. The first-order valence-electron chi connectivity index (χ1n) is 6.63. The molecule has 1 amide bonds. The lowest BCUT2D eigenvalue weighted by Crippen LogP contribution is -2.19. The highest BCUT2D eigenvalue weighted by molar-refractivity contribution is 5.93. The Kier molecular flexibility index (Phi) is 4.60. The van der Waals surface area contributed by atoms with Gasteiger partial charge in [-0.3, -0.25) is 4.79 Å². The van der Waals surface area contributed by atoms with Crippen LogP contribution in [-0.4, -0.2) is 12.5 Å². The van der Waals surface area contributed by atoms with Crippen molar-refractivity contribution in [2.24, 2.45) is 5.92 Å².